The number of anilines is 1. The largest absolute Gasteiger partial charge is 0.382 e. The van der Waals surface area contributed by atoms with Crippen LogP contribution in [-0.2, 0) is 4.74 Å². The first-order valence-corrected chi connectivity index (χ1v) is 7.37. The molecule has 20 heavy (non-hydrogen) atoms. The number of halogens is 1. The van der Waals surface area contributed by atoms with Crippen LogP contribution in [0.3, 0.4) is 0 Å². The maximum absolute atomic E-state index is 9.04. The average molecular weight is 294 g/mol. The van der Waals surface area contributed by atoms with Crippen LogP contribution in [0.15, 0.2) is 18.2 Å². The fraction of sp³-hybridized carbons (Fsp3) is 0.533. The Bertz CT molecular complexity index is 478. The van der Waals surface area contributed by atoms with Gasteiger partial charge in [-0.15, -0.1) is 0 Å². The van der Waals surface area contributed by atoms with Crippen LogP contribution in [0.25, 0.3) is 0 Å². The second-order valence-corrected chi connectivity index (χ2v) is 5.57. The smallest absolute Gasteiger partial charge is 0.101 e. The Morgan fingerprint density at radius 1 is 1.35 bits per heavy atom. The molecule has 2 rings (SSSR count). The van der Waals surface area contributed by atoms with Gasteiger partial charge in [0.1, 0.15) is 6.07 Å². The van der Waals surface area contributed by atoms with Gasteiger partial charge in [0.15, 0.2) is 0 Å². The molecule has 0 atom stereocenters. The van der Waals surface area contributed by atoms with Gasteiger partial charge in [-0.05, 0) is 43.9 Å². The molecule has 0 amide bonds. The summed E-state index contributed by atoms with van der Waals surface area (Å²) in [4.78, 5) is 0. The Morgan fingerprint density at radius 2 is 2.10 bits per heavy atom. The predicted octanol–water partition coefficient (Wildman–Crippen LogP) is 2.91. The minimum atomic E-state index is 0.331. The summed E-state index contributed by atoms with van der Waals surface area (Å²) in [6, 6.07) is 7.73. The van der Waals surface area contributed by atoms with Crippen LogP contribution >= 0.6 is 11.6 Å². The molecule has 4 nitrogen and oxygen atoms in total. The van der Waals surface area contributed by atoms with Crippen molar-refractivity contribution in [1.29, 1.82) is 5.26 Å². The first kappa shape index (κ1) is 15.1. The Hall–Kier alpha value is -1.28. The van der Waals surface area contributed by atoms with Gasteiger partial charge in [0, 0.05) is 17.6 Å². The summed E-state index contributed by atoms with van der Waals surface area (Å²) in [5.41, 5.74) is 7.22. The van der Waals surface area contributed by atoms with Crippen molar-refractivity contribution in [2.45, 2.75) is 37.8 Å². The van der Waals surface area contributed by atoms with Crippen molar-refractivity contribution in [3.05, 3.63) is 28.8 Å². The standard InChI is InChI=1S/C15H20ClN3O/c16-12-1-6-15(11(9-12)10-17)19-7-8-20-14-4-2-13(18)3-5-14/h1,6,9,13-14,19H,2-5,7-8,18H2. The van der Waals surface area contributed by atoms with E-state index in [1.165, 1.54) is 0 Å². The van der Waals surface area contributed by atoms with Crippen LogP contribution in [-0.4, -0.2) is 25.3 Å². The molecule has 1 aromatic rings. The lowest BCUT2D eigenvalue weighted by Gasteiger charge is -2.26. The molecule has 0 heterocycles. The van der Waals surface area contributed by atoms with Crippen LogP contribution in [0.5, 0.6) is 0 Å². The highest BCUT2D eigenvalue weighted by Gasteiger charge is 2.18. The summed E-state index contributed by atoms with van der Waals surface area (Å²) in [6.45, 7) is 1.31. The molecular weight excluding hydrogens is 274 g/mol. The van der Waals surface area contributed by atoms with Crippen molar-refractivity contribution in [3.63, 3.8) is 0 Å². The molecule has 0 unspecified atom stereocenters. The molecule has 0 aliphatic heterocycles. The molecule has 1 aliphatic carbocycles. The summed E-state index contributed by atoms with van der Waals surface area (Å²) in [5, 5.41) is 12.8. The topological polar surface area (TPSA) is 71.1 Å². The van der Waals surface area contributed by atoms with Gasteiger partial charge in [-0.25, -0.2) is 0 Å². The monoisotopic (exact) mass is 293 g/mol. The van der Waals surface area contributed by atoms with Crippen LogP contribution in [0, 0.1) is 11.3 Å². The third-order valence-corrected chi connectivity index (χ3v) is 3.83. The SMILES string of the molecule is N#Cc1cc(Cl)ccc1NCCOC1CCC(N)CC1. The van der Waals surface area contributed by atoms with E-state index in [4.69, 9.17) is 27.3 Å². The first-order valence-electron chi connectivity index (χ1n) is 6.99. The average Bonchev–Trinajstić information content (AvgIpc) is 2.46. The zero-order valence-corrected chi connectivity index (χ0v) is 12.2. The van der Waals surface area contributed by atoms with Gasteiger partial charge in [-0.3, -0.25) is 0 Å². The molecule has 3 N–H and O–H groups in total. The van der Waals surface area contributed by atoms with E-state index in [0.29, 0.717) is 35.9 Å². The third kappa shape index (κ3) is 4.38. The molecule has 108 valence electrons. The number of ether oxygens (including phenoxy) is 1. The number of nitrogens with two attached hydrogens (primary N) is 1. The van der Waals surface area contributed by atoms with Crippen molar-refractivity contribution >= 4 is 17.3 Å². The van der Waals surface area contributed by atoms with Gasteiger partial charge >= 0.3 is 0 Å². The number of nitrogens with zero attached hydrogens (tertiary/aromatic N) is 1. The van der Waals surface area contributed by atoms with Crippen LogP contribution < -0.4 is 11.1 Å². The van der Waals surface area contributed by atoms with Crippen molar-refractivity contribution in [2.24, 2.45) is 5.73 Å². The van der Waals surface area contributed by atoms with E-state index >= 15 is 0 Å². The van der Waals surface area contributed by atoms with E-state index < -0.39 is 0 Å². The molecule has 1 aromatic carbocycles. The van der Waals surface area contributed by atoms with E-state index in [2.05, 4.69) is 11.4 Å². The molecule has 1 saturated carbocycles. The third-order valence-electron chi connectivity index (χ3n) is 3.59. The van der Waals surface area contributed by atoms with Crippen molar-refractivity contribution in [2.75, 3.05) is 18.5 Å². The van der Waals surface area contributed by atoms with Crippen LogP contribution in [0.2, 0.25) is 5.02 Å². The van der Waals surface area contributed by atoms with E-state index in [9.17, 15) is 0 Å². The lowest BCUT2D eigenvalue weighted by Crippen LogP contribution is -2.31. The zero-order chi connectivity index (χ0) is 14.4. The summed E-state index contributed by atoms with van der Waals surface area (Å²) in [5.74, 6) is 0. The second kappa shape index (κ2) is 7.49. The Kier molecular flexibility index (Phi) is 5.66. The maximum Gasteiger partial charge on any atom is 0.101 e. The Balaban J connectivity index is 1.72. The number of nitrogens with one attached hydrogen (secondary N) is 1. The molecule has 0 saturated heterocycles. The number of benzene rings is 1. The molecule has 0 aromatic heterocycles. The molecule has 1 fully saturated rings. The van der Waals surface area contributed by atoms with Crippen LogP contribution in [0.4, 0.5) is 5.69 Å². The lowest BCUT2D eigenvalue weighted by atomic mass is 9.94. The Labute approximate surface area is 124 Å². The van der Waals surface area contributed by atoms with Crippen molar-refractivity contribution in [1.82, 2.24) is 0 Å². The van der Waals surface area contributed by atoms with Gasteiger partial charge in [0.05, 0.1) is 24.0 Å². The van der Waals surface area contributed by atoms with Crippen LogP contribution in [0.1, 0.15) is 31.2 Å². The fourth-order valence-corrected chi connectivity index (χ4v) is 2.60. The van der Waals surface area contributed by atoms with Gasteiger partial charge in [0.25, 0.3) is 0 Å². The molecule has 0 bridgehead atoms. The number of nitriles is 1. The summed E-state index contributed by atoms with van der Waals surface area (Å²) in [7, 11) is 0. The van der Waals surface area contributed by atoms with Gasteiger partial charge < -0.3 is 15.8 Å². The maximum atomic E-state index is 9.04. The minimum absolute atomic E-state index is 0.331. The molecule has 1 aliphatic rings. The quantitative estimate of drug-likeness (QED) is 0.819. The van der Waals surface area contributed by atoms with E-state index in [1.54, 1.807) is 12.1 Å². The molecular formula is C15H20ClN3O. The molecule has 0 radical (unpaired) electrons. The summed E-state index contributed by atoms with van der Waals surface area (Å²) < 4.78 is 5.82. The fourth-order valence-electron chi connectivity index (χ4n) is 2.43. The van der Waals surface area contributed by atoms with Crippen molar-refractivity contribution < 1.29 is 4.74 Å². The first-order chi connectivity index (χ1) is 9.69. The van der Waals surface area contributed by atoms with E-state index in [1.807, 2.05) is 6.07 Å². The van der Waals surface area contributed by atoms with Crippen molar-refractivity contribution in [3.8, 4) is 6.07 Å². The van der Waals surface area contributed by atoms with E-state index in [-0.39, 0.29) is 0 Å². The number of rotatable bonds is 5. The Morgan fingerprint density at radius 3 is 2.80 bits per heavy atom. The normalized spacial score (nSPS) is 22.2. The number of hydrogen-bond acceptors (Lipinski definition) is 4. The molecule has 5 heteroatoms. The van der Waals surface area contributed by atoms with Gasteiger partial charge in [0.2, 0.25) is 0 Å². The predicted molar refractivity (Wildman–Crippen MR) is 80.8 cm³/mol. The van der Waals surface area contributed by atoms with Gasteiger partial charge in [-0.1, -0.05) is 11.6 Å². The van der Waals surface area contributed by atoms with E-state index in [0.717, 1.165) is 31.4 Å². The highest BCUT2D eigenvalue weighted by atomic mass is 35.5. The summed E-state index contributed by atoms with van der Waals surface area (Å²) >= 11 is 5.86. The highest BCUT2D eigenvalue weighted by Crippen LogP contribution is 2.21. The summed E-state index contributed by atoms with van der Waals surface area (Å²) in [6.07, 6.45) is 4.52. The van der Waals surface area contributed by atoms with Gasteiger partial charge in [-0.2, -0.15) is 5.26 Å². The second-order valence-electron chi connectivity index (χ2n) is 5.14. The zero-order valence-electron chi connectivity index (χ0n) is 11.4. The highest BCUT2D eigenvalue weighted by molar-refractivity contribution is 6.30. The minimum Gasteiger partial charge on any atom is -0.382 e. The molecule has 0 spiro atoms. The number of hydrogen-bond donors (Lipinski definition) is 2. The lowest BCUT2D eigenvalue weighted by molar-refractivity contribution is 0.0313.